The van der Waals surface area contributed by atoms with Crippen molar-refractivity contribution in [2.75, 3.05) is 13.1 Å². The first-order valence-corrected chi connectivity index (χ1v) is 11.0. The summed E-state index contributed by atoms with van der Waals surface area (Å²) in [7, 11) is -2.12. The van der Waals surface area contributed by atoms with Crippen molar-refractivity contribution in [1.82, 2.24) is 14.2 Å². The molecule has 2 aromatic rings. The quantitative estimate of drug-likeness (QED) is 0.699. The molecule has 2 amide bonds. The minimum absolute atomic E-state index is 0.0238. The van der Waals surface area contributed by atoms with Gasteiger partial charge in [0.05, 0.1) is 0 Å². The van der Waals surface area contributed by atoms with Crippen molar-refractivity contribution in [3.63, 3.8) is 0 Å². The van der Waals surface area contributed by atoms with Gasteiger partial charge in [0.2, 0.25) is 15.9 Å². The maximum atomic E-state index is 12.8. The average molecular weight is 419 g/mol. The summed E-state index contributed by atoms with van der Waals surface area (Å²) < 4.78 is 28.5. The summed E-state index contributed by atoms with van der Waals surface area (Å²) >= 11 is 0. The summed E-state index contributed by atoms with van der Waals surface area (Å²) in [5.74, 6) is -0.699. The van der Waals surface area contributed by atoms with Gasteiger partial charge in [-0.1, -0.05) is 30.3 Å². The molecule has 3 N–H and O–H groups in total. The topological polar surface area (TPSA) is 114 Å². The number of rotatable bonds is 7. The first-order chi connectivity index (χ1) is 13.8. The van der Waals surface area contributed by atoms with Crippen molar-refractivity contribution in [2.24, 2.45) is 12.8 Å². The lowest BCUT2D eigenvalue weighted by molar-refractivity contribution is -0.122. The van der Waals surface area contributed by atoms with E-state index in [9.17, 15) is 18.0 Å². The average Bonchev–Trinajstić information content (AvgIpc) is 3.10. The van der Waals surface area contributed by atoms with Gasteiger partial charge in [0, 0.05) is 38.8 Å². The molecule has 1 aromatic carbocycles. The molecule has 29 heavy (non-hydrogen) atoms. The van der Waals surface area contributed by atoms with Gasteiger partial charge in [-0.25, -0.2) is 8.42 Å². The summed E-state index contributed by atoms with van der Waals surface area (Å²) in [6, 6.07) is 11.1. The first-order valence-electron chi connectivity index (χ1n) is 9.57. The number of carbonyl (C=O) groups excluding carboxylic acids is 2. The number of benzene rings is 1. The SMILES string of the molecule is Cn1cc(S(=O)(=O)N2CCC(NC(=O)CCc3ccccc3)CC2)cc1C(N)=O. The molecule has 3 rings (SSSR count). The van der Waals surface area contributed by atoms with Gasteiger partial charge in [0.25, 0.3) is 5.91 Å². The highest BCUT2D eigenvalue weighted by atomic mass is 32.2. The van der Waals surface area contributed by atoms with E-state index in [-0.39, 0.29) is 22.5 Å². The van der Waals surface area contributed by atoms with Crippen LogP contribution in [0, 0.1) is 0 Å². The molecule has 0 bridgehead atoms. The number of nitrogens with one attached hydrogen (secondary N) is 1. The number of hydrogen-bond donors (Lipinski definition) is 2. The standard InChI is InChI=1S/C20H26N4O4S/c1-23-14-17(13-18(23)20(21)26)29(27,28)24-11-9-16(10-12-24)22-19(25)8-7-15-5-3-2-4-6-15/h2-6,13-14,16H,7-12H2,1H3,(H2,21,26)(H,22,25). The second kappa shape index (κ2) is 8.79. The molecule has 1 aliphatic rings. The van der Waals surface area contributed by atoms with Gasteiger partial charge in [-0.3, -0.25) is 9.59 Å². The third-order valence-electron chi connectivity index (χ3n) is 5.17. The number of nitrogens with zero attached hydrogens (tertiary/aromatic N) is 2. The van der Waals surface area contributed by atoms with Crippen LogP contribution in [0.4, 0.5) is 0 Å². The van der Waals surface area contributed by atoms with Crippen molar-refractivity contribution in [1.29, 1.82) is 0 Å². The maximum absolute atomic E-state index is 12.8. The largest absolute Gasteiger partial charge is 0.364 e. The molecule has 1 saturated heterocycles. The zero-order valence-corrected chi connectivity index (χ0v) is 17.2. The molecule has 1 aromatic heterocycles. The van der Waals surface area contributed by atoms with E-state index >= 15 is 0 Å². The number of piperidine rings is 1. The fraction of sp³-hybridized carbons (Fsp3) is 0.400. The van der Waals surface area contributed by atoms with E-state index in [1.54, 1.807) is 7.05 Å². The molecular weight excluding hydrogens is 392 g/mol. The smallest absolute Gasteiger partial charge is 0.265 e. The lowest BCUT2D eigenvalue weighted by Crippen LogP contribution is -2.46. The van der Waals surface area contributed by atoms with E-state index < -0.39 is 15.9 Å². The van der Waals surface area contributed by atoms with Crippen molar-refractivity contribution in [3.05, 3.63) is 53.9 Å². The number of aryl methyl sites for hydroxylation is 2. The molecule has 1 fully saturated rings. The van der Waals surface area contributed by atoms with E-state index in [2.05, 4.69) is 5.32 Å². The molecule has 0 spiro atoms. The number of sulfonamides is 1. The first kappa shape index (κ1) is 21.1. The highest BCUT2D eigenvalue weighted by molar-refractivity contribution is 7.89. The Labute approximate surface area is 170 Å². The van der Waals surface area contributed by atoms with Crippen LogP contribution in [0.1, 0.15) is 35.3 Å². The minimum Gasteiger partial charge on any atom is -0.364 e. The zero-order chi connectivity index (χ0) is 21.0. The Hall–Kier alpha value is -2.65. The molecular formula is C20H26N4O4S. The normalized spacial score (nSPS) is 15.9. The fourth-order valence-corrected chi connectivity index (χ4v) is 5.05. The number of nitrogens with two attached hydrogens (primary N) is 1. The molecule has 0 aliphatic carbocycles. The van der Waals surface area contributed by atoms with Crippen molar-refractivity contribution >= 4 is 21.8 Å². The minimum atomic E-state index is -3.70. The van der Waals surface area contributed by atoms with Crippen LogP contribution in [0.3, 0.4) is 0 Å². The molecule has 1 aliphatic heterocycles. The molecule has 0 unspecified atom stereocenters. The van der Waals surface area contributed by atoms with Crippen LogP contribution in [0.2, 0.25) is 0 Å². The van der Waals surface area contributed by atoms with Gasteiger partial charge < -0.3 is 15.6 Å². The lowest BCUT2D eigenvalue weighted by atomic mass is 10.1. The summed E-state index contributed by atoms with van der Waals surface area (Å²) in [4.78, 5) is 23.6. The Morgan fingerprint density at radius 2 is 1.83 bits per heavy atom. The lowest BCUT2D eigenvalue weighted by Gasteiger charge is -2.31. The van der Waals surface area contributed by atoms with Crippen molar-refractivity contribution in [3.8, 4) is 0 Å². The predicted octanol–water partition coefficient (Wildman–Crippen LogP) is 1.03. The van der Waals surface area contributed by atoms with Crippen LogP contribution < -0.4 is 11.1 Å². The number of amides is 2. The van der Waals surface area contributed by atoms with Crippen LogP contribution in [-0.4, -0.2) is 48.2 Å². The number of carbonyl (C=O) groups is 2. The second-order valence-electron chi connectivity index (χ2n) is 7.27. The number of primary amides is 1. The monoisotopic (exact) mass is 418 g/mol. The van der Waals surface area contributed by atoms with Gasteiger partial charge in [-0.05, 0) is 30.9 Å². The Morgan fingerprint density at radius 1 is 1.17 bits per heavy atom. The molecule has 9 heteroatoms. The molecule has 0 atom stereocenters. The highest BCUT2D eigenvalue weighted by Crippen LogP contribution is 2.22. The molecule has 156 valence electrons. The van der Waals surface area contributed by atoms with E-state index in [0.29, 0.717) is 38.8 Å². The predicted molar refractivity (Wildman–Crippen MR) is 109 cm³/mol. The summed E-state index contributed by atoms with van der Waals surface area (Å²) in [5.41, 5.74) is 6.52. The van der Waals surface area contributed by atoms with Crippen molar-refractivity contribution in [2.45, 2.75) is 36.6 Å². The van der Waals surface area contributed by atoms with E-state index in [1.807, 2.05) is 30.3 Å². The maximum Gasteiger partial charge on any atom is 0.265 e. The Bertz CT molecular complexity index is 977. The summed E-state index contributed by atoms with van der Waals surface area (Å²) in [5, 5.41) is 3.00. The third kappa shape index (κ3) is 5.04. The molecule has 0 saturated carbocycles. The summed E-state index contributed by atoms with van der Waals surface area (Å²) in [6.45, 7) is 0.625. The number of aromatic nitrogens is 1. The van der Waals surface area contributed by atoms with Gasteiger partial charge >= 0.3 is 0 Å². The van der Waals surface area contributed by atoms with E-state index in [1.165, 1.54) is 21.1 Å². The van der Waals surface area contributed by atoms with Gasteiger partial charge in [0.15, 0.2) is 0 Å². The Balaban J connectivity index is 1.52. The third-order valence-corrected chi connectivity index (χ3v) is 7.04. The van der Waals surface area contributed by atoms with Gasteiger partial charge in [-0.15, -0.1) is 0 Å². The molecule has 0 radical (unpaired) electrons. The van der Waals surface area contributed by atoms with E-state index in [4.69, 9.17) is 5.73 Å². The van der Waals surface area contributed by atoms with Gasteiger partial charge in [-0.2, -0.15) is 4.31 Å². The van der Waals surface area contributed by atoms with Crippen LogP contribution in [0.25, 0.3) is 0 Å². The Kier molecular flexibility index (Phi) is 6.39. The van der Waals surface area contributed by atoms with E-state index in [0.717, 1.165) is 5.56 Å². The second-order valence-corrected chi connectivity index (χ2v) is 9.21. The number of hydrogen-bond acceptors (Lipinski definition) is 4. The van der Waals surface area contributed by atoms with Crippen LogP contribution in [0.5, 0.6) is 0 Å². The fourth-order valence-electron chi connectivity index (χ4n) is 3.51. The highest BCUT2D eigenvalue weighted by Gasteiger charge is 2.31. The Morgan fingerprint density at radius 3 is 2.41 bits per heavy atom. The van der Waals surface area contributed by atoms with Crippen LogP contribution >= 0.6 is 0 Å². The van der Waals surface area contributed by atoms with Gasteiger partial charge in [0.1, 0.15) is 10.6 Å². The van der Waals surface area contributed by atoms with Crippen LogP contribution in [-0.2, 0) is 28.3 Å². The van der Waals surface area contributed by atoms with Crippen molar-refractivity contribution < 1.29 is 18.0 Å². The summed E-state index contributed by atoms with van der Waals surface area (Å²) in [6.07, 6.45) is 3.57. The van der Waals surface area contributed by atoms with Crippen LogP contribution in [0.15, 0.2) is 47.5 Å². The zero-order valence-electron chi connectivity index (χ0n) is 16.4. The molecule has 2 heterocycles. The molecule has 8 nitrogen and oxygen atoms in total.